The van der Waals surface area contributed by atoms with Gasteiger partial charge in [-0.3, -0.25) is 4.90 Å². The smallest absolute Gasteiger partial charge is 0.109 e. The zero-order valence-corrected chi connectivity index (χ0v) is 11.0. The van der Waals surface area contributed by atoms with E-state index >= 15 is 0 Å². The third-order valence-corrected chi connectivity index (χ3v) is 3.97. The van der Waals surface area contributed by atoms with Gasteiger partial charge in [-0.25, -0.2) is 4.98 Å². The maximum atomic E-state index is 5.81. The standard InChI is InChI=1S/C13H19N3S/c1-3-6-16(7-11-4-5-11)8-12-9-17-13(15-12)10(2)14/h1,9-11H,4-8,14H2,2H3. The molecule has 0 spiro atoms. The van der Waals surface area contributed by atoms with Gasteiger partial charge in [-0.05, 0) is 25.7 Å². The van der Waals surface area contributed by atoms with E-state index < -0.39 is 0 Å². The first-order valence-electron chi connectivity index (χ1n) is 6.04. The van der Waals surface area contributed by atoms with Crippen LogP contribution in [0.3, 0.4) is 0 Å². The average Bonchev–Trinajstić information content (AvgIpc) is 2.95. The number of aromatic nitrogens is 1. The molecule has 1 atom stereocenters. The van der Waals surface area contributed by atoms with E-state index in [0.29, 0.717) is 6.54 Å². The molecule has 1 saturated carbocycles. The normalized spacial score (nSPS) is 17.1. The van der Waals surface area contributed by atoms with Crippen molar-refractivity contribution < 1.29 is 0 Å². The highest BCUT2D eigenvalue weighted by atomic mass is 32.1. The van der Waals surface area contributed by atoms with E-state index in [1.807, 2.05) is 6.92 Å². The van der Waals surface area contributed by atoms with Crippen LogP contribution in [0.15, 0.2) is 5.38 Å². The van der Waals surface area contributed by atoms with E-state index in [4.69, 9.17) is 12.2 Å². The summed E-state index contributed by atoms with van der Waals surface area (Å²) in [4.78, 5) is 6.85. The minimum absolute atomic E-state index is 0.0262. The van der Waals surface area contributed by atoms with Crippen LogP contribution >= 0.6 is 11.3 Å². The number of nitrogens with two attached hydrogens (primary N) is 1. The molecule has 3 nitrogen and oxygen atoms in total. The Morgan fingerprint density at radius 3 is 3.00 bits per heavy atom. The molecule has 2 rings (SSSR count). The Balaban J connectivity index is 1.93. The number of thiazole rings is 1. The Bertz CT molecular complexity index is 401. The van der Waals surface area contributed by atoms with Crippen LogP contribution in [0.4, 0.5) is 0 Å². The molecule has 1 aromatic heterocycles. The second-order valence-corrected chi connectivity index (χ2v) is 5.67. The van der Waals surface area contributed by atoms with Gasteiger partial charge in [0.2, 0.25) is 0 Å². The number of hydrogen-bond donors (Lipinski definition) is 1. The minimum Gasteiger partial charge on any atom is -0.322 e. The molecule has 0 aliphatic heterocycles. The van der Waals surface area contributed by atoms with Crippen molar-refractivity contribution in [3.05, 3.63) is 16.1 Å². The number of terminal acetylenes is 1. The molecule has 1 unspecified atom stereocenters. The Morgan fingerprint density at radius 1 is 1.71 bits per heavy atom. The highest BCUT2D eigenvalue weighted by Crippen LogP contribution is 2.30. The van der Waals surface area contributed by atoms with Crippen LogP contribution in [-0.4, -0.2) is 23.0 Å². The number of nitrogens with zero attached hydrogens (tertiary/aromatic N) is 2. The summed E-state index contributed by atoms with van der Waals surface area (Å²) in [5.74, 6) is 3.58. The lowest BCUT2D eigenvalue weighted by atomic mass is 10.3. The van der Waals surface area contributed by atoms with Crippen molar-refractivity contribution in [1.29, 1.82) is 0 Å². The van der Waals surface area contributed by atoms with Gasteiger partial charge in [0.1, 0.15) is 5.01 Å². The summed E-state index contributed by atoms with van der Waals surface area (Å²) >= 11 is 1.64. The summed E-state index contributed by atoms with van der Waals surface area (Å²) in [7, 11) is 0. The van der Waals surface area contributed by atoms with Crippen LogP contribution in [0.1, 0.15) is 36.5 Å². The molecular weight excluding hydrogens is 230 g/mol. The Morgan fingerprint density at radius 2 is 2.47 bits per heavy atom. The molecule has 1 heterocycles. The SMILES string of the molecule is C#CCN(Cc1csc(C(C)N)n1)CC1CC1. The zero-order chi connectivity index (χ0) is 12.3. The predicted octanol–water partition coefficient (Wildman–Crippen LogP) is 2.01. The third-order valence-electron chi connectivity index (χ3n) is 2.87. The van der Waals surface area contributed by atoms with Crippen LogP contribution < -0.4 is 5.73 Å². The highest BCUT2D eigenvalue weighted by molar-refractivity contribution is 7.09. The Hall–Kier alpha value is -0.890. The van der Waals surface area contributed by atoms with Gasteiger partial charge in [0.15, 0.2) is 0 Å². The monoisotopic (exact) mass is 249 g/mol. The van der Waals surface area contributed by atoms with Crippen molar-refractivity contribution in [2.24, 2.45) is 11.7 Å². The van der Waals surface area contributed by atoms with Gasteiger partial charge in [0, 0.05) is 18.5 Å². The van der Waals surface area contributed by atoms with Crippen molar-refractivity contribution in [3.63, 3.8) is 0 Å². The quantitative estimate of drug-likeness (QED) is 0.784. The molecule has 2 N–H and O–H groups in total. The molecule has 1 fully saturated rings. The minimum atomic E-state index is 0.0262. The fraction of sp³-hybridized carbons (Fsp3) is 0.615. The summed E-state index contributed by atoms with van der Waals surface area (Å²) in [5, 5.41) is 3.10. The number of hydrogen-bond acceptors (Lipinski definition) is 4. The zero-order valence-electron chi connectivity index (χ0n) is 10.2. The van der Waals surface area contributed by atoms with Gasteiger partial charge in [-0.15, -0.1) is 17.8 Å². The summed E-state index contributed by atoms with van der Waals surface area (Å²) in [6.07, 6.45) is 8.10. The molecule has 4 heteroatoms. The molecule has 1 aromatic rings. The van der Waals surface area contributed by atoms with E-state index in [2.05, 4.69) is 21.2 Å². The van der Waals surface area contributed by atoms with Crippen molar-refractivity contribution >= 4 is 11.3 Å². The number of rotatable bonds is 6. The van der Waals surface area contributed by atoms with Crippen LogP contribution in [0.5, 0.6) is 0 Å². The molecule has 0 saturated heterocycles. The summed E-state index contributed by atoms with van der Waals surface area (Å²) < 4.78 is 0. The first-order valence-corrected chi connectivity index (χ1v) is 6.92. The average molecular weight is 249 g/mol. The van der Waals surface area contributed by atoms with Crippen molar-refractivity contribution in [2.45, 2.75) is 32.4 Å². The van der Waals surface area contributed by atoms with Crippen LogP contribution in [0, 0.1) is 18.3 Å². The molecule has 1 aliphatic rings. The highest BCUT2D eigenvalue weighted by Gasteiger charge is 2.24. The van der Waals surface area contributed by atoms with Crippen molar-refractivity contribution in [3.8, 4) is 12.3 Å². The molecular formula is C13H19N3S. The lowest BCUT2D eigenvalue weighted by Gasteiger charge is -2.17. The lowest BCUT2D eigenvalue weighted by Crippen LogP contribution is -2.26. The fourth-order valence-corrected chi connectivity index (χ4v) is 2.58. The lowest BCUT2D eigenvalue weighted by molar-refractivity contribution is 0.283. The van der Waals surface area contributed by atoms with Crippen LogP contribution in [0.2, 0.25) is 0 Å². The molecule has 0 aromatic carbocycles. The second-order valence-electron chi connectivity index (χ2n) is 4.78. The van der Waals surface area contributed by atoms with Gasteiger partial charge < -0.3 is 5.73 Å². The van der Waals surface area contributed by atoms with E-state index in [0.717, 1.165) is 29.7 Å². The van der Waals surface area contributed by atoms with Crippen LogP contribution in [0.25, 0.3) is 0 Å². The van der Waals surface area contributed by atoms with Crippen molar-refractivity contribution in [2.75, 3.05) is 13.1 Å². The van der Waals surface area contributed by atoms with Crippen LogP contribution in [-0.2, 0) is 6.54 Å². The topological polar surface area (TPSA) is 42.1 Å². The molecule has 0 amide bonds. The maximum Gasteiger partial charge on any atom is 0.109 e. The van der Waals surface area contributed by atoms with E-state index in [-0.39, 0.29) is 6.04 Å². The molecule has 17 heavy (non-hydrogen) atoms. The second kappa shape index (κ2) is 5.63. The van der Waals surface area contributed by atoms with Gasteiger partial charge in [-0.1, -0.05) is 5.92 Å². The summed E-state index contributed by atoms with van der Waals surface area (Å²) in [6.45, 7) is 4.63. The van der Waals surface area contributed by atoms with E-state index in [1.54, 1.807) is 11.3 Å². The van der Waals surface area contributed by atoms with Gasteiger partial charge in [0.05, 0.1) is 18.3 Å². The fourth-order valence-electron chi connectivity index (χ4n) is 1.81. The first-order chi connectivity index (χ1) is 8.19. The molecule has 0 radical (unpaired) electrons. The predicted molar refractivity (Wildman–Crippen MR) is 71.6 cm³/mol. The third kappa shape index (κ3) is 3.81. The van der Waals surface area contributed by atoms with Crippen molar-refractivity contribution in [1.82, 2.24) is 9.88 Å². The van der Waals surface area contributed by atoms with E-state index in [1.165, 1.54) is 12.8 Å². The van der Waals surface area contributed by atoms with Gasteiger partial charge >= 0.3 is 0 Å². The summed E-state index contributed by atoms with van der Waals surface area (Å²) in [5.41, 5.74) is 6.90. The summed E-state index contributed by atoms with van der Waals surface area (Å²) in [6, 6.07) is 0.0262. The Labute approximate surface area is 107 Å². The van der Waals surface area contributed by atoms with Gasteiger partial charge in [0.25, 0.3) is 0 Å². The largest absolute Gasteiger partial charge is 0.322 e. The first kappa shape index (κ1) is 12.6. The Kier molecular flexibility index (Phi) is 4.16. The van der Waals surface area contributed by atoms with Gasteiger partial charge in [-0.2, -0.15) is 0 Å². The van der Waals surface area contributed by atoms with E-state index in [9.17, 15) is 0 Å². The molecule has 0 bridgehead atoms. The maximum absolute atomic E-state index is 5.81. The molecule has 1 aliphatic carbocycles. The molecule has 92 valence electrons.